The standard InChI is InChI=1S/C15H20FN3S/c1-4-8-17-13(5-2)15-19-18-14(20-15)12-7-6-11(16)9-10(12)3/h6-7,9,13,17H,4-5,8H2,1-3H3. The van der Waals surface area contributed by atoms with E-state index in [2.05, 4.69) is 29.4 Å². The zero-order valence-corrected chi connectivity index (χ0v) is 12.9. The smallest absolute Gasteiger partial charge is 0.148 e. The summed E-state index contributed by atoms with van der Waals surface area (Å²) in [6, 6.07) is 5.02. The Morgan fingerprint density at radius 2 is 2.10 bits per heavy atom. The van der Waals surface area contributed by atoms with Gasteiger partial charge in [-0.05, 0) is 50.1 Å². The van der Waals surface area contributed by atoms with Crippen molar-refractivity contribution in [3.63, 3.8) is 0 Å². The lowest BCUT2D eigenvalue weighted by Gasteiger charge is -2.12. The van der Waals surface area contributed by atoms with Gasteiger partial charge in [0.05, 0.1) is 6.04 Å². The first-order valence-electron chi connectivity index (χ1n) is 6.99. The first-order valence-corrected chi connectivity index (χ1v) is 7.80. The van der Waals surface area contributed by atoms with E-state index in [1.54, 1.807) is 17.4 Å². The molecule has 2 rings (SSSR count). The molecule has 0 aliphatic rings. The molecule has 5 heteroatoms. The van der Waals surface area contributed by atoms with Crippen LogP contribution in [0.15, 0.2) is 18.2 Å². The molecule has 3 nitrogen and oxygen atoms in total. The van der Waals surface area contributed by atoms with Crippen molar-refractivity contribution in [3.05, 3.63) is 34.6 Å². The normalized spacial score (nSPS) is 12.6. The molecule has 0 aliphatic carbocycles. The van der Waals surface area contributed by atoms with Crippen molar-refractivity contribution in [3.8, 4) is 10.6 Å². The third kappa shape index (κ3) is 3.41. The molecule has 1 aromatic carbocycles. The second-order valence-corrected chi connectivity index (χ2v) is 5.83. The molecule has 0 saturated heterocycles. The van der Waals surface area contributed by atoms with Crippen molar-refractivity contribution in [1.29, 1.82) is 0 Å². The summed E-state index contributed by atoms with van der Waals surface area (Å²) in [5.41, 5.74) is 1.85. The summed E-state index contributed by atoms with van der Waals surface area (Å²) >= 11 is 1.58. The number of nitrogens with zero attached hydrogens (tertiary/aromatic N) is 2. The molecule has 1 N–H and O–H groups in total. The quantitative estimate of drug-likeness (QED) is 0.871. The van der Waals surface area contributed by atoms with Crippen molar-refractivity contribution in [1.82, 2.24) is 15.5 Å². The Balaban J connectivity index is 2.23. The average Bonchev–Trinajstić information content (AvgIpc) is 2.89. The lowest BCUT2D eigenvalue weighted by atomic mass is 10.1. The Kier molecular flexibility index (Phi) is 5.20. The largest absolute Gasteiger partial charge is 0.308 e. The number of hydrogen-bond acceptors (Lipinski definition) is 4. The molecule has 0 aliphatic heterocycles. The van der Waals surface area contributed by atoms with Gasteiger partial charge in [-0.3, -0.25) is 0 Å². The SMILES string of the molecule is CCCNC(CC)c1nnc(-c2ccc(F)cc2C)s1. The maximum atomic E-state index is 13.1. The van der Waals surface area contributed by atoms with Crippen molar-refractivity contribution >= 4 is 11.3 Å². The van der Waals surface area contributed by atoms with Gasteiger partial charge in [0.2, 0.25) is 0 Å². The van der Waals surface area contributed by atoms with Gasteiger partial charge in [0.1, 0.15) is 15.8 Å². The highest BCUT2D eigenvalue weighted by molar-refractivity contribution is 7.14. The number of rotatable bonds is 6. The van der Waals surface area contributed by atoms with Crippen molar-refractivity contribution in [2.24, 2.45) is 0 Å². The molecule has 1 unspecified atom stereocenters. The second-order valence-electron chi connectivity index (χ2n) is 4.82. The van der Waals surface area contributed by atoms with Crippen molar-refractivity contribution in [2.45, 2.75) is 39.7 Å². The number of aromatic nitrogens is 2. The van der Waals surface area contributed by atoms with E-state index in [-0.39, 0.29) is 11.9 Å². The molecule has 0 radical (unpaired) electrons. The molecule has 108 valence electrons. The van der Waals surface area contributed by atoms with Gasteiger partial charge in [-0.15, -0.1) is 10.2 Å². The highest BCUT2D eigenvalue weighted by Crippen LogP contribution is 2.30. The maximum absolute atomic E-state index is 13.1. The zero-order valence-electron chi connectivity index (χ0n) is 12.1. The van der Waals surface area contributed by atoms with E-state index in [4.69, 9.17) is 0 Å². The third-order valence-corrected chi connectivity index (χ3v) is 4.28. The van der Waals surface area contributed by atoms with Crippen LogP contribution in [0.1, 0.15) is 43.3 Å². The summed E-state index contributed by atoms with van der Waals surface area (Å²) in [6.45, 7) is 7.15. The van der Waals surface area contributed by atoms with Crippen molar-refractivity contribution < 1.29 is 4.39 Å². The van der Waals surface area contributed by atoms with Gasteiger partial charge in [0.25, 0.3) is 0 Å². The molecular weight excluding hydrogens is 273 g/mol. The average molecular weight is 293 g/mol. The Hall–Kier alpha value is -1.33. The van der Waals surface area contributed by atoms with Crippen LogP contribution in [0.25, 0.3) is 10.6 Å². The van der Waals surface area contributed by atoms with Crippen LogP contribution in [0, 0.1) is 12.7 Å². The highest BCUT2D eigenvalue weighted by Gasteiger charge is 2.16. The molecule has 1 heterocycles. The van der Waals surface area contributed by atoms with Crippen LogP contribution >= 0.6 is 11.3 Å². The van der Waals surface area contributed by atoms with E-state index in [0.29, 0.717) is 0 Å². The molecule has 0 amide bonds. The Labute approximate surface area is 123 Å². The van der Waals surface area contributed by atoms with Crippen LogP contribution < -0.4 is 5.32 Å². The fourth-order valence-electron chi connectivity index (χ4n) is 2.08. The maximum Gasteiger partial charge on any atom is 0.148 e. The van der Waals surface area contributed by atoms with Gasteiger partial charge in [0.15, 0.2) is 0 Å². The van der Waals surface area contributed by atoms with Gasteiger partial charge in [-0.2, -0.15) is 0 Å². The molecule has 0 fully saturated rings. The highest BCUT2D eigenvalue weighted by atomic mass is 32.1. The van der Waals surface area contributed by atoms with E-state index < -0.39 is 0 Å². The lowest BCUT2D eigenvalue weighted by Crippen LogP contribution is -2.21. The lowest BCUT2D eigenvalue weighted by molar-refractivity contribution is 0.513. The summed E-state index contributed by atoms with van der Waals surface area (Å²) in [4.78, 5) is 0. The van der Waals surface area contributed by atoms with Gasteiger partial charge >= 0.3 is 0 Å². The minimum absolute atomic E-state index is 0.216. The number of halogens is 1. The zero-order chi connectivity index (χ0) is 14.5. The third-order valence-electron chi connectivity index (χ3n) is 3.21. The minimum Gasteiger partial charge on any atom is -0.308 e. The Morgan fingerprint density at radius 3 is 2.75 bits per heavy atom. The number of nitrogens with one attached hydrogen (secondary N) is 1. The van der Waals surface area contributed by atoms with Gasteiger partial charge in [-0.1, -0.05) is 25.2 Å². The molecular formula is C15H20FN3S. The van der Waals surface area contributed by atoms with Gasteiger partial charge in [0, 0.05) is 5.56 Å². The molecule has 2 aromatic rings. The van der Waals surface area contributed by atoms with Gasteiger partial charge < -0.3 is 5.32 Å². The summed E-state index contributed by atoms with van der Waals surface area (Å²) < 4.78 is 13.1. The number of hydrogen-bond donors (Lipinski definition) is 1. The van der Waals surface area contributed by atoms with E-state index in [1.165, 1.54) is 12.1 Å². The number of aryl methyl sites for hydroxylation is 1. The van der Waals surface area contributed by atoms with E-state index in [9.17, 15) is 4.39 Å². The topological polar surface area (TPSA) is 37.8 Å². The van der Waals surface area contributed by atoms with E-state index in [1.807, 2.05) is 6.92 Å². The van der Waals surface area contributed by atoms with Gasteiger partial charge in [-0.25, -0.2) is 4.39 Å². The minimum atomic E-state index is -0.216. The Bertz CT molecular complexity index is 568. The molecule has 0 bridgehead atoms. The predicted octanol–water partition coefficient (Wildman–Crippen LogP) is 4.10. The fourth-order valence-corrected chi connectivity index (χ4v) is 3.17. The second kappa shape index (κ2) is 6.90. The molecule has 1 atom stereocenters. The van der Waals surface area contributed by atoms with Crippen molar-refractivity contribution in [2.75, 3.05) is 6.54 Å². The van der Waals surface area contributed by atoms with Crippen LogP contribution in [0.4, 0.5) is 4.39 Å². The van der Waals surface area contributed by atoms with E-state index >= 15 is 0 Å². The van der Waals surface area contributed by atoms with E-state index in [0.717, 1.165) is 40.5 Å². The Morgan fingerprint density at radius 1 is 1.30 bits per heavy atom. The van der Waals surface area contributed by atoms with Crippen LogP contribution in [0.5, 0.6) is 0 Å². The summed E-state index contributed by atoms with van der Waals surface area (Å²) in [5, 5.41) is 13.9. The fraction of sp³-hybridized carbons (Fsp3) is 0.467. The number of benzene rings is 1. The summed E-state index contributed by atoms with van der Waals surface area (Å²) in [6.07, 6.45) is 2.08. The van der Waals surface area contributed by atoms with Crippen LogP contribution in [-0.4, -0.2) is 16.7 Å². The first kappa shape index (κ1) is 15.1. The molecule has 20 heavy (non-hydrogen) atoms. The van der Waals surface area contributed by atoms with Crippen LogP contribution in [0.3, 0.4) is 0 Å². The molecule has 0 saturated carbocycles. The van der Waals surface area contributed by atoms with Crippen LogP contribution in [-0.2, 0) is 0 Å². The summed E-state index contributed by atoms with van der Waals surface area (Å²) in [5.74, 6) is -0.216. The molecule has 0 spiro atoms. The predicted molar refractivity (Wildman–Crippen MR) is 81.4 cm³/mol. The molecule has 1 aromatic heterocycles. The first-order chi connectivity index (χ1) is 9.65. The monoisotopic (exact) mass is 293 g/mol. The van der Waals surface area contributed by atoms with Crippen LogP contribution in [0.2, 0.25) is 0 Å². The summed E-state index contributed by atoms with van der Waals surface area (Å²) in [7, 11) is 0.